The minimum absolute atomic E-state index is 0.162. The number of hydrogen-bond acceptors (Lipinski definition) is 6. The predicted molar refractivity (Wildman–Crippen MR) is 85.3 cm³/mol. The lowest BCUT2D eigenvalue weighted by atomic mass is 10.00. The van der Waals surface area contributed by atoms with Crippen LogP contribution < -0.4 is 10.5 Å². The van der Waals surface area contributed by atoms with Crippen LogP contribution >= 0.6 is 0 Å². The molecule has 0 saturated heterocycles. The van der Waals surface area contributed by atoms with Crippen molar-refractivity contribution < 1.29 is 4.74 Å². The number of aromatic nitrogens is 4. The molecule has 0 spiro atoms. The highest BCUT2D eigenvalue weighted by Crippen LogP contribution is 2.34. The van der Waals surface area contributed by atoms with Crippen molar-refractivity contribution in [2.24, 2.45) is 7.05 Å². The van der Waals surface area contributed by atoms with E-state index in [1.165, 1.54) is 7.11 Å². The van der Waals surface area contributed by atoms with E-state index < -0.39 is 0 Å². The van der Waals surface area contributed by atoms with E-state index in [0.29, 0.717) is 28.3 Å². The first-order valence-corrected chi connectivity index (χ1v) is 6.83. The van der Waals surface area contributed by atoms with Gasteiger partial charge in [-0.25, -0.2) is 9.97 Å². The smallest absolute Gasteiger partial charge is 0.221 e. The summed E-state index contributed by atoms with van der Waals surface area (Å²) in [5.41, 5.74) is 9.04. The quantitative estimate of drug-likeness (QED) is 0.794. The van der Waals surface area contributed by atoms with Crippen molar-refractivity contribution in [3.63, 3.8) is 0 Å². The number of anilines is 1. The van der Waals surface area contributed by atoms with Gasteiger partial charge in [0.05, 0.1) is 19.0 Å². The summed E-state index contributed by atoms with van der Waals surface area (Å²) in [6.45, 7) is 0. The van der Waals surface area contributed by atoms with Crippen LogP contribution in [0.3, 0.4) is 0 Å². The molecule has 0 amide bonds. The number of rotatable bonds is 3. The summed E-state index contributed by atoms with van der Waals surface area (Å²) in [6, 6.07) is 7.51. The van der Waals surface area contributed by atoms with Crippen LogP contribution in [0.5, 0.6) is 5.88 Å². The third kappa shape index (κ3) is 2.58. The van der Waals surface area contributed by atoms with E-state index in [4.69, 9.17) is 10.5 Å². The van der Waals surface area contributed by atoms with Crippen molar-refractivity contribution in [1.82, 2.24) is 19.7 Å². The van der Waals surface area contributed by atoms with E-state index in [9.17, 15) is 5.26 Å². The Morgan fingerprint density at radius 1 is 1.35 bits per heavy atom. The number of hydrogen-bond donors (Lipinski definition) is 1. The summed E-state index contributed by atoms with van der Waals surface area (Å²) in [6.07, 6.45) is 5.15. The van der Waals surface area contributed by atoms with Crippen molar-refractivity contribution in [2.45, 2.75) is 0 Å². The first-order chi connectivity index (χ1) is 11.1. The van der Waals surface area contributed by atoms with Gasteiger partial charge in [0.15, 0.2) is 0 Å². The van der Waals surface area contributed by atoms with Crippen LogP contribution in [0.25, 0.3) is 22.4 Å². The molecule has 7 heteroatoms. The monoisotopic (exact) mass is 306 g/mol. The van der Waals surface area contributed by atoms with E-state index in [1.54, 1.807) is 29.2 Å². The van der Waals surface area contributed by atoms with Crippen LogP contribution in [-0.2, 0) is 7.05 Å². The lowest BCUT2D eigenvalue weighted by molar-refractivity contribution is 0.399. The molecule has 0 aromatic carbocycles. The summed E-state index contributed by atoms with van der Waals surface area (Å²) >= 11 is 0. The SMILES string of the molecule is COc1ncccc1-c1cc(-c2cnn(C)c2)nc(N)c1C#N. The van der Waals surface area contributed by atoms with Gasteiger partial charge in [-0.3, -0.25) is 4.68 Å². The molecule has 7 nitrogen and oxygen atoms in total. The highest BCUT2D eigenvalue weighted by atomic mass is 16.5. The van der Waals surface area contributed by atoms with Gasteiger partial charge in [0, 0.05) is 36.1 Å². The van der Waals surface area contributed by atoms with Crippen LogP contribution in [0.1, 0.15) is 5.56 Å². The van der Waals surface area contributed by atoms with Gasteiger partial charge in [-0.15, -0.1) is 0 Å². The number of methoxy groups -OCH3 is 1. The molecule has 2 N–H and O–H groups in total. The highest BCUT2D eigenvalue weighted by molar-refractivity contribution is 5.82. The molecule has 0 radical (unpaired) electrons. The Hall–Kier alpha value is -3.40. The number of ether oxygens (including phenoxy) is 1. The van der Waals surface area contributed by atoms with Crippen molar-refractivity contribution in [2.75, 3.05) is 12.8 Å². The Labute approximate surface area is 133 Å². The lowest BCUT2D eigenvalue weighted by Crippen LogP contribution is -2.01. The molecule has 23 heavy (non-hydrogen) atoms. The molecule has 0 aliphatic heterocycles. The zero-order chi connectivity index (χ0) is 16.4. The molecule has 0 atom stereocenters. The first kappa shape index (κ1) is 14.5. The number of aryl methyl sites for hydroxylation is 1. The topological polar surface area (TPSA) is 103 Å². The summed E-state index contributed by atoms with van der Waals surface area (Å²) in [4.78, 5) is 8.49. The number of nitrogens with two attached hydrogens (primary N) is 1. The third-order valence-electron chi connectivity index (χ3n) is 3.41. The van der Waals surface area contributed by atoms with Gasteiger partial charge < -0.3 is 10.5 Å². The zero-order valence-corrected chi connectivity index (χ0v) is 12.7. The maximum absolute atomic E-state index is 9.44. The Bertz CT molecular complexity index is 909. The Kier molecular flexibility index (Phi) is 3.65. The molecule has 0 unspecified atom stereocenters. The first-order valence-electron chi connectivity index (χ1n) is 6.83. The van der Waals surface area contributed by atoms with Crippen LogP contribution in [-0.4, -0.2) is 26.9 Å². The summed E-state index contributed by atoms with van der Waals surface area (Å²) in [5, 5.41) is 13.6. The second kappa shape index (κ2) is 5.77. The molecule has 0 saturated carbocycles. The molecular formula is C16H14N6O. The third-order valence-corrected chi connectivity index (χ3v) is 3.41. The van der Waals surface area contributed by atoms with Gasteiger partial charge in [-0.2, -0.15) is 10.4 Å². The van der Waals surface area contributed by atoms with Gasteiger partial charge in [-0.05, 0) is 18.2 Å². The molecule has 0 aliphatic carbocycles. The molecule has 0 fully saturated rings. The second-order valence-electron chi connectivity index (χ2n) is 4.89. The summed E-state index contributed by atoms with van der Waals surface area (Å²) < 4.78 is 6.97. The largest absolute Gasteiger partial charge is 0.481 e. The predicted octanol–water partition coefficient (Wildman–Crippen LogP) is 2.01. The van der Waals surface area contributed by atoms with E-state index >= 15 is 0 Å². The Morgan fingerprint density at radius 2 is 2.17 bits per heavy atom. The van der Waals surface area contributed by atoms with Crippen LogP contribution in [0.2, 0.25) is 0 Å². The Balaban J connectivity index is 2.27. The van der Waals surface area contributed by atoms with Gasteiger partial charge in [0.1, 0.15) is 17.5 Å². The normalized spacial score (nSPS) is 10.3. The van der Waals surface area contributed by atoms with Crippen molar-refractivity contribution in [3.8, 4) is 34.3 Å². The fourth-order valence-corrected chi connectivity index (χ4v) is 2.35. The fourth-order valence-electron chi connectivity index (χ4n) is 2.35. The van der Waals surface area contributed by atoms with Crippen molar-refractivity contribution in [3.05, 3.63) is 42.4 Å². The maximum Gasteiger partial charge on any atom is 0.221 e. The molecule has 3 aromatic rings. The molecule has 0 aliphatic rings. The molecule has 3 rings (SSSR count). The summed E-state index contributed by atoms with van der Waals surface area (Å²) in [5.74, 6) is 0.585. The average Bonchev–Trinajstić information content (AvgIpc) is 3.00. The standard InChI is InChI=1S/C16H14N6O/c1-22-9-10(8-20-22)14-6-12(13(7-17)15(18)21-14)11-4-3-5-19-16(11)23-2/h3-6,8-9H,1-2H3,(H2,18,21). The number of nitriles is 1. The zero-order valence-electron chi connectivity index (χ0n) is 12.7. The fraction of sp³-hybridized carbons (Fsp3) is 0.125. The van der Waals surface area contributed by atoms with Crippen LogP contribution in [0.4, 0.5) is 5.82 Å². The van der Waals surface area contributed by atoms with Gasteiger partial charge in [0.2, 0.25) is 5.88 Å². The molecule has 3 aromatic heterocycles. The van der Waals surface area contributed by atoms with Crippen LogP contribution in [0.15, 0.2) is 36.8 Å². The van der Waals surface area contributed by atoms with E-state index in [0.717, 1.165) is 5.56 Å². The maximum atomic E-state index is 9.44. The lowest BCUT2D eigenvalue weighted by Gasteiger charge is -2.11. The molecule has 0 bridgehead atoms. The van der Waals surface area contributed by atoms with Gasteiger partial charge in [0.25, 0.3) is 0 Å². The minimum atomic E-state index is 0.162. The van der Waals surface area contributed by atoms with Gasteiger partial charge >= 0.3 is 0 Å². The Morgan fingerprint density at radius 3 is 2.83 bits per heavy atom. The number of pyridine rings is 2. The molecule has 3 heterocycles. The van der Waals surface area contributed by atoms with Gasteiger partial charge in [-0.1, -0.05) is 0 Å². The van der Waals surface area contributed by atoms with Crippen molar-refractivity contribution in [1.29, 1.82) is 5.26 Å². The molecular weight excluding hydrogens is 292 g/mol. The molecule has 114 valence electrons. The second-order valence-corrected chi connectivity index (χ2v) is 4.89. The van der Waals surface area contributed by atoms with E-state index in [2.05, 4.69) is 21.1 Å². The number of nitrogens with zero attached hydrogens (tertiary/aromatic N) is 5. The van der Waals surface area contributed by atoms with Crippen LogP contribution in [0, 0.1) is 11.3 Å². The van der Waals surface area contributed by atoms with Crippen molar-refractivity contribution >= 4 is 5.82 Å². The summed E-state index contributed by atoms with van der Waals surface area (Å²) in [7, 11) is 3.35. The minimum Gasteiger partial charge on any atom is -0.481 e. The van der Waals surface area contributed by atoms with E-state index in [-0.39, 0.29) is 5.82 Å². The average molecular weight is 306 g/mol. The highest BCUT2D eigenvalue weighted by Gasteiger charge is 2.17. The number of nitrogen functional groups attached to an aromatic ring is 1. The van der Waals surface area contributed by atoms with E-state index in [1.807, 2.05) is 19.3 Å².